The Morgan fingerprint density at radius 2 is 1.62 bits per heavy atom. The third-order valence-electron chi connectivity index (χ3n) is 5.43. The fraction of sp³-hybridized carbons (Fsp3) is 0.400. The van der Waals surface area contributed by atoms with Gasteiger partial charge in [0, 0.05) is 19.6 Å². The molecule has 4 aliphatic rings. The molecule has 0 N–H and O–H groups in total. The summed E-state index contributed by atoms with van der Waals surface area (Å²) in [6.45, 7) is 8.26. The molecule has 0 atom stereocenters. The van der Waals surface area contributed by atoms with Gasteiger partial charge in [0.25, 0.3) is 0 Å². The van der Waals surface area contributed by atoms with Crippen molar-refractivity contribution in [1.82, 2.24) is 14.7 Å². The molecule has 4 saturated heterocycles. The van der Waals surface area contributed by atoms with E-state index in [4.69, 9.17) is 9.52 Å². The van der Waals surface area contributed by atoms with Gasteiger partial charge in [-0.25, -0.2) is 0 Å². The van der Waals surface area contributed by atoms with Gasteiger partial charge in [-0.05, 0) is 24.6 Å². The minimum Gasteiger partial charge on any atom is -0.460 e. The molecule has 1 aromatic heterocycles. The Morgan fingerprint density at radius 1 is 0.962 bits per heavy atom. The molecule has 6 heteroatoms. The molecule has 2 aromatic rings. The first-order valence-electron chi connectivity index (χ1n) is 9.11. The first-order valence-corrected chi connectivity index (χ1v) is 9.11. The Balaban J connectivity index is 1.52. The van der Waals surface area contributed by atoms with Crippen molar-refractivity contribution in [1.29, 1.82) is 0 Å². The molecule has 5 heterocycles. The van der Waals surface area contributed by atoms with E-state index in [9.17, 15) is 0 Å². The molecule has 0 unspecified atom stereocenters. The molecular weight excluding hydrogens is 326 g/mol. The minimum absolute atomic E-state index is 0.00647. The van der Waals surface area contributed by atoms with Crippen LogP contribution in [-0.2, 0) is 0 Å². The summed E-state index contributed by atoms with van der Waals surface area (Å²) in [7, 11) is 0. The van der Waals surface area contributed by atoms with Crippen molar-refractivity contribution in [2.75, 3.05) is 39.6 Å². The maximum atomic E-state index is 5.58. The first kappa shape index (κ1) is 15.9. The SMILES string of the molecule is Cc1ccc(/C=N/N=C(/c2ccccc2)C23CN4CN(CN(C4)C2)C3)o1. The number of benzene rings is 1. The first-order chi connectivity index (χ1) is 12.7. The molecule has 0 aliphatic carbocycles. The molecule has 6 nitrogen and oxygen atoms in total. The lowest BCUT2D eigenvalue weighted by molar-refractivity contribution is -0.149. The third kappa shape index (κ3) is 2.80. The highest BCUT2D eigenvalue weighted by molar-refractivity contribution is 6.05. The molecule has 6 rings (SSSR count). The predicted molar refractivity (Wildman–Crippen MR) is 101 cm³/mol. The highest BCUT2D eigenvalue weighted by atomic mass is 16.3. The van der Waals surface area contributed by atoms with Crippen molar-refractivity contribution in [2.45, 2.75) is 6.92 Å². The van der Waals surface area contributed by atoms with Crippen molar-refractivity contribution in [3.8, 4) is 0 Å². The summed E-state index contributed by atoms with van der Waals surface area (Å²) < 4.78 is 5.58. The van der Waals surface area contributed by atoms with Crippen molar-refractivity contribution in [2.24, 2.45) is 15.6 Å². The summed E-state index contributed by atoms with van der Waals surface area (Å²) in [6.07, 6.45) is 1.71. The third-order valence-corrected chi connectivity index (χ3v) is 5.43. The summed E-state index contributed by atoms with van der Waals surface area (Å²) >= 11 is 0. The highest BCUT2D eigenvalue weighted by Gasteiger charge is 2.51. The second-order valence-corrected chi connectivity index (χ2v) is 7.70. The predicted octanol–water partition coefficient (Wildman–Crippen LogP) is 2.22. The standard InChI is InChI=1S/C20H23N5O/c1-16-7-8-18(26-16)9-21-22-19(17-5-3-2-4-6-17)20-10-23-13-24(11-20)15-25(12-20)14-23/h2-9H,10-15H2,1H3/b21-9+,22-19-. The molecule has 4 aliphatic heterocycles. The molecule has 4 fully saturated rings. The number of hydrogen-bond donors (Lipinski definition) is 0. The van der Waals surface area contributed by atoms with Crippen LogP contribution in [0.15, 0.2) is 57.1 Å². The van der Waals surface area contributed by atoms with E-state index in [1.165, 1.54) is 0 Å². The fourth-order valence-corrected chi connectivity index (χ4v) is 4.67. The second-order valence-electron chi connectivity index (χ2n) is 7.70. The summed E-state index contributed by atoms with van der Waals surface area (Å²) in [5.41, 5.74) is 2.24. The quantitative estimate of drug-likeness (QED) is 0.627. The van der Waals surface area contributed by atoms with Crippen LogP contribution in [0.3, 0.4) is 0 Å². The van der Waals surface area contributed by atoms with Gasteiger partial charge < -0.3 is 4.42 Å². The van der Waals surface area contributed by atoms with Gasteiger partial charge in [0.15, 0.2) is 0 Å². The van der Waals surface area contributed by atoms with Crippen LogP contribution in [0.4, 0.5) is 0 Å². The molecule has 4 bridgehead atoms. The lowest BCUT2D eigenvalue weighted by Gasteiger charge is -2.60. The molecule has 1 aromatic carbocycles. The Hall–Kier alpha value is -2.28. The van der Waals surface area contributed by atoms with Gasteiger partial charge in [0.05, 0.1) is 37.3 Å². The van der Waals surface area contributed by atoms with E-state index in [-0.39, 0.29) is 5.41 Å². The van der Waals surface area contributed by atoms with E-state index in [1.54, 1.807) is 6.21 Å². The van der Waals surface area contributed by atoms with E-state index in [2.05, 4.69) is 44.1 Å². The van der Waals surface area contributed by atoms with Crippen LogP contribution in [-0.4, -0.2) is 66.3 Å². The summed E-state index contributed by atoms with van der Waals surface area (Å²) in [5, 5.41) is 9.14. The van der Waals surface area contributed by atoms with Crippen LogP contribution < -0.4 is 0 Å². The Labute approximate surface area is 153 Å². The Bertz CT molecular complexity index is 819. The largest absolute Gasteiger partial charge is 0.460 e. The number of hydrogen-bond acceptors (Lipinski definition) is 6. The Morgan fingerprint density at radius 3 is 2.19 bits per heavy atom. The smallest absolute Gasteiger partial charge is 0.147 e. The van der Waals surface area contributed by atoms with Gasteiger partial charge in [-0.3, -0.25) is 14.7 Å². The average molecular weight is 349 g/mol. The van der Waals surface area contributed by atoms with Gasteiger partial charge in [0.2, 0.25) is 0 Å². The Kier molecular flexibility index (Phi) is 3.77. The van der Waals surface area contributed by atoms with Crippen LogP contribution in [0, 0.1) is 12.3 Å². The van der Waals surface area contributed by atoms with E-state index in [0.717, 1.165) is 62.4 Å². The molecule has 0 radical (unpaired) electrons. The number of furan rings is 1. The fourth-order valence-electron chi connectivity index (χ4n) is 4.67. The van der Waals surface area contributed by atoms with E-state index in [0.29, 0.717) is 0 Å². The van der Waals surface area contributed by atoms with E-state index < -0.39 is 0 Å². The zero-order chi connectivity index (χ0) is 17.6. The summed E-state index contributed by atoms with van der Waals surface area (Å²) in [5.74, 6) is 1.62. The maximum Gasteiger partial charge on any atom is 0.147 e. The van der Waals surface area contributed by atoms with Crippen LogP contribution in [0.25, 0.3) is 0 Å². The van der Waals surface area contributed by atoms with Crippen molar-refractivity contribution in [3.05, 3.63) is 59.5 Å². The topological polar surface area (TPSA) is 47.6 Å². The lowest BCUT2D eigenvalue weighted by atomic mass is 9.74. The molecule has 134 valence electrons. The number of rotatable bonds is 4. The molecule has 0 saturated carbocycles. The van der Waals surface area contributed by atoms with Gasteiger partial charge in [-0.2, -0.15) is 10.2 Å². The zero-order valence-corrected chi connectivity index (χ0v) is 15.0. The monoisotopic (exact) mass is 349 g/mol. The van der Waals surface area contributed by atoms with Crippen molar-refractivity contribution < 1.29 is 4.42 Å². The zero-order valence-electron chi connectivity index (χ0n) is 15.0. The van der Waals surface area contributed by atoms with Gasteiger partial charge in [0.1, 0.15) is 11.5 Å². The molecule has 26 heavy (non-hydrogen) atoms. The summed E-state index contributed by atoms with van der Waals surface area (Å²) in [6, 6.07) is 14.3. The van der Waals surface area contributed by atoms with Crippen LogP contribution >= 0.6 is 0 Å². The van der Waals surface area contributed by atoms with Crippen LogP contribution in [0.1, 0.15) is 17.1 Å². The van der Waals surface area contributed by atoms with Gasteiger partial charge in [-0.1, -0.05) is 30.3 Å². The average Bonchev–Trinajstić information content (AvgIpc) is 3.03. The second kappa shape index (κ2) is 6.16. The normalized spacial score (nSPS) is 33.3. The molecular formula is C20H23N5O. The number of aryl methyl sites for hydroxylation is 1. The van der Waals surface area contributed by atoms with Gasteiger partial charge >= 0.3 is 0 Å². The minimum atomic E-state index is 0.00647. The van der Waals surface area contributed by atoms with Gasteiger partial charge in [-0.15, -0.1) is 0 Å². The summed E-state index contributed by atoms with van der Waals surface area (Å²) in [4.78, 5) is 7.53. The lowest BCUT2D eigenvalue weighted by Crippen LogP contribution is -2.74. The van der Waals surface area contributed by atoms with Crippen molar-refractivity contribution >= 4 is 11.9 Å². The van der Waals surface area contributed by atoms with E-state index >= 15 is 0 Å². The van der Waals surface area contributed by atoms with Crippen molar-refractivity contribution in [3.63, 3.8) is 0 Å². The van der Waals surface area contributed by atoms with Crippen LogP contribution in [0.2, 0.25) is 0 Å². The van der Waals surface area contributed by atoms with E-state index in [1.807, 2.05) is 25.1 Å². The highest BCUT2D eigenvalue weighted by Crippen LogP contribution is 2.38. The van der Waals surface area contributed by atoms with Crippen LogP contribution in [0.5, 0.6) is 0 Å². The maximum absolute atomic E-state index is 5.58. The molecule has 0 amide bonds. The molecule has 0 spiro atoms. The number of nitrogens with zero attached hydrogens (tertiary/aromatic N) is 5.